The molecule has 4 aliphatic carbocycles. The molecule has 136 valence electrons. The van der Waals surface area contributed by atoms with Gasteiger partial charge in [-0.2, -0.15) is 0 Å². The van der Waals surface area contributed by atoms with Gasteiger partial charge >= 0.3 is 0 Å². The standard InChI is InChI=1S/C22H36O2/c1-14(23)17-5-6-18-21(17,3)12-9-19-20(2)11-8-16(24)13-15(20)7-10-22(18,19)4/h15-19,24H,5-13H2,1-4H3/t15-,16+,17+,18+,19+,20-,21+,22-/m0/s1. The topological polar surface area (TPSA) is 37.3 Å². The number of hydrogen-bond donors (Lipinski definition) is 1. The molecule has 4 aliphatic rings. The highest BCUT2D eigenvalue weighted by Crippen LogP contribution is 2.72. The molecule has 0 heterocycles. The lowest BCUT2D eigenvalue weighted by atomic mass is 9.39. The highest BCUT2D eigenvalue weighted by molar-refractivity contribution is 5.79. The summed E-state index contributed by atoms with van der Waals surface area (Å²) in [6.07, 6.45) is 10.7. The third kappa shape index (κ3) is 2.07. The van der Waals surface area contributed by atoms with E-state index < -0.39 is 0 Å². The lowest BCUT2D eigenvalue weighted by Crippen LogP contribution is -2.59. The second-order valence-corrected chi connectivity index (χ2v) is 10.6. The zero-order valence-corrected chi connectivity index (χ0v) is 16.1. The molecule has 0 aromatic carbocycles. The van der Waals surface area contributed by atoms with Gasteiger partial charge in [0, 0.05) is 5.92 Å². The largest absolute Gasteiger partial charge is 0.393 e. The van der Waals surface area contributed by atoms with E-state index in [1.807, 2.05) is 6.92 Å². The van der Waals surface area contributed by atoms with Gasteiger partial charge in [-0.25, -0.2) is 0 Å². The van der Waals surface area contributed by atoms with E-state index in [1.54, 1.807) is 0 Å². The first-order valence-corrected chi connectivity index (χ1v) is 10.4. The maximum atomic E-state index is 12.3. The molecule has 2 heteroatoms. The summed E-state index contributed by atoms with van der Waals surface area (Å²) in [6, 6.07) is 0. The fourth-order valence-electron chi connectivity index (χ4n) is 8.58. The van der Waals surface area contributed by atoms with Gasteiger partial charge in [-0.05, 0) is 98.7 Å². The van der Waals surface area contributed by atoms with Crippen LogP contribution < -0.4 is 0 Å². The molecule has 8 atom stereocenters. The first-order valence-electron chi connectivity index (χ1n) is 10.4. The fourth-order valence-corrected chi connectivity index (χ4v) is 8.58. The number of Topliss-reactive ketones (excluding diaryl/α,β-unsaturated/α-hetero) is 1. The van der Waals surface area contributed by atoms with E-state index in [2.05, 4.69) is 20.8 Å². The van der Waals surface area contributed by atoms with Crippen LogP contribution in [-0.2, 0) is 4.79 Å². The highest BCUT2D eigenvalue weighted by atomic mass is 16.3. The Balaban J connectivity index is 1.68. The maximum Gasteiger partial charge on any atom is 0.133 e. The Morgan fingerprint density at radius 1 is 0.833 bits per heavy atom. The Morgan fingerprint density at radius 3 is 2.17 bits per heavy atom. The summed E-state index contributed by atoms with van der Waals surface area (Å²) in [5.41, 5.74) is 1.07. The van der Waals surface area contributed by atoms with Gasteiger partial charge in [-0.15, -0.1) is 0 Å². The predicted octanol–water partition coefficient (Wildman–Crippen LogP) is 4.99. The van der Waals surface area contributed by atoms with E-state index >= 15 is 0 Å². The zero-order valence-electron chi connectivity index (χ0n) is 16.1. The van der Waals surface area contributed by atoms with Gasteiger partial charge in [0.05, 0.1) is 6.10 Å². The number of aliphatic hydroxyl groups is 1. The van der Waals surface area contributed by atoms with Crippen LogP contribution in [-0.4, -0.2) is 17.0 Å². The van der Waals surface area contributed by atoms with Gasteiger partial charge in [-0.1, -0.05) is 20.8 Å². The Kier molecular flexibility index (Phi) is 3.78. The monoisotopic (exact) mass is 332 g/mol. The van der Waals surface area contributed by atoms with E-state index in [1.165, 1.54) is 38.5 Å². The van der Waals surface area contributed by atoms with Crippen LogP contribution in [0, 0.1) is 39.9 Å². The molecule has 0 radical (unpaired) electrons. The highest BCUT2D eigenvalue weighted by Gasteiger charge is 2.65. The molecular weight excluding hydrogens is 296 g/mol. The van der Waals surface area contributed by atoms with Gasteiger partial charge in [0.15, 0.2) is 0 Å². The van der Waals surface area contributed by atoms with Crippen LogP contribution in [0.15, 0.2) is 0 Å². The number of rotatable bonds is 1. The number of aliphatic hydroxyl groups excluding tert-OH is 1. The molecule has 0 unspecified atom stereocenters. The smallest absolute Gasteiger partial charge is 0.133 e. The van der Waals surface area contributed by atoms with Crippen molar-refractivity contribution in [1.82, 2.24) is 0 Å². The third-order valence-corrected chi connectivity index (χ3v) is 9.72. The van der Waals surface area contributed by atoms with Crippen LogP contribution in [0.2, 0.25) is 0 Å². The second-order valence-electron chi connectivity index (χ2n) is 10.6. The van der Waals surface area contributed by atoms with Gasteiger partial charge < -0.3 is 5.11 Å². The lowest BCUT2D eigenvalue weighted by molar-refractivity contribution is -0.175. The Hall–Kier alpha value is -0.370. The quantitative estimate of drug-likeness (QED) is 0.735. The summed E-state index contributed by atoms with van der Waals surface area (Å²) >= 11 is 0. The summed E-state index contributed by atoms with van der Waals surface area (Å²) in [4.78, 5) is 12.3. The summed E-state index contributed by atoms with van der Waals surface area (Å²) in [5.74, 6) is 2.97. The van der Waals surface area contributed by atoms with Gasteiger partial charge in [0.2, 0.25) is 0 Å². The van der Waals surface area contributed by atoms with E-state index in [0.29, 0.717) is 28.4 Å². The predicted molar refractivity (Wildman–Crippen MR) is 96.5 cm³/mol. The Labute approximate surface area is 147 Å². The summed E-state index contributed by atoms with van der Waals surface area (Å²) in [5, 5.41) is 10.2. The van der Waals surface area contributed by atoms with Crippen molar-refractivity contribution in [2.24, 2.45) is 39.9 Å². The van der Waals surface area contributed by atoms with Gasteiger partial charge in [0.25, 0.3) is 0 Å². The van der Waals surface area contributed by atoms with Gasteiger partial charge in [0.1, 0.15) is 5.78 Å². The van der Waals surface area contributed by atoms with Crippen molar-refractivity contribution in [2.75, 3.05) is 0 Å². The van der Waals surface area contributed by atoms with E-state index in [9.17, 15) is 9.90 Å². The number of fused-ring (bicyclic) bond motifs is 5. The van der Waals surface area contributed by atoms with Crippen molar-refractivity contribution < 1.29 is 9.90 Å². The molecule has 2 nitrogen and oxygen atoms in total. The van der Waals surface area contributed by atoms with Crippen molar-refractivity contribution in [3.8, 4) is 0 Å². The lowest BCUT2D eigenvalue weighted by Gasteiger charge is -2.65. The van der Waals surface area contributed by atoms with Crippen molar-refractivity contribution in [2.45, 2.75) is 91.6 Å². The summed E-state index contributed by atoms with van der Waals surface area (Å²) in [7, 11) is 0. The minimum Gasteiger partial charge on any atom is -0.393 e. The zero-order chi connectivity index (χ0) is 17.3. The average Bonchev–Trinajstić information content (AvgIpc) is 2.87. The van der Waals surface area contributed by atoms with Crippen LogP contribution in [0.3, 0.4) is 0 Å². The molecule has 0 bridgehead atoms. The van der Waals surface area contributed by atoms with Crippen molar-refractivity contribution in [1.29, 1.82) is 0 Å². The number of carbonyl (C=O) groups excluding carboxylic acids is 1. The first-order chi connectivity index (χ1) is 11.2. The van der Waals surface area contributed by atoms with Crippen molar-refractivity contribution >= 4 is 5.78 Å². The molecule has 0 spiro atoms. The molecule has 1 N–H and O–H groups in total. The molecule has 0 aromatic heterocycles. The molecule has 4 fully saturated rings. The third-order valence-electron chi connectivity index (χ3n) is 9.72. The fraction of sp³-hybridized carbons (Fsp3) is 0.955. The minimum atomic E-state index is -0.0603. The average molecular weight is 333 g/mol. The molecule has 24 heavy (non-hydrogen) atoms. The molecule has 0 amide bonds. The van der Waals surface area contributed by atoms with Crippen LogP contribution >= 0.6 is 0 Å². The number of ketones is 1. The molecule has 0 aromatic rings. The molecule has 0 saturated heterocycles. The van der Waals surface area contributed by atoms with Crippen molar-refractivity contribution in [3.05, 3.63) is 0 Å². The van der Waals surface area contributed by atoms with Crippen LogP contribution in [0.5, 0.6) is 0 Å². The molecule has 4 rings (SSSR count). The SMILES string of the molecule is CC(=O)[C@H]1CC[C@H]2[C@]3(C)CC[C@H]4C[C@H](O)CC[C@]4(C)[C@H]3CC[C@@]21C. The van der Waals surface area contributed by atoms with E-state index in [4.69, 9.17) is 0 Å². The Morgan fingerprint density at radius 2 is 1.46 bits per heavy atom. The van der Waals surface area contributed by atoms with Crippen LogP contribution in [0.1, 0.15) is 85.5 Å². The van der Waals surface area contributed by atoms with E-state index in [0.717, 1.165) is 31.1 Å². The Bertz CT molecular complexity index is 542. The van der Waals surface area contributed by atoms with Crippen molar-refractivity contribution in [3.63, 3.8) is 0 Å². The normalized spacial score (nSPS) is 57.0. The maximum absolute atomic E-state index is 12.3. The minimum absolute atomic E-state index is 0.0603. The second kappa shape index (κ2) is 5.32. The molecular formula is C22H36O2. The summed E-state index contributed by atoms with van der Waals surface area (Å²) < 4.78 is 0. The first kappa shape index (κ1) is 17.1. The van der Waals surface area contributed by atoms with Crippen LogP contribution in [0.25, 0.3) is 0 Å². The van der Waals surface area contributed by atoms with Gasteiger partial charge in [-0.3, -0.25) is 4.79 Å². The number of carbonyl (C=O) groups is 1. The van der Waals surface area contributed by atoms with Crippen LogP contribution in [0.4, 0.5) is 0 Å². The summed E-state index contributed by atoms with van der Waals surface area (Å²) in [6.45, 7) is 9.39. The molecule has 4 saturated carbocycles. The molecule has 0 aliphatic heterocycles. The number of hydrogen-bond acceptors (Lipinski definition) is 2. The van der Waals surface area contributed by atoms with E-state index in [-0.39, 0.29) is 11.5 Å².